The van der Waals surface area contributed by atoms with Crippen LogP contribution < -0.4 is 4.74 Å². The predicted molar refractivity (Wildman–Crippen MR) is 146 cm³/mol. The van der Waals surface area contributed by atoms with Crippen LogP contribution in [0.15, 0.2) is 61.2 Å². The Balaban J connectivity index is 1.45. The third kappa shape index (κ3) is 8.36. The lowest BCUT2D eigenvalue weighted by atomic mass is 9.77. The van der Waals surface area contributed by atoms with E-state index in [1.165, 1.54) is 69.8 Å². The summed E-state index contributed by atoms with van der Waals surface area (Å²) in [6, 6.07) is 14.6. The Labute approximate surface area is 217 Å². The number of ether oxygens (including phenoxy) is 2. The summed E-state index contributed by atoms with van der Waals surface area (Å²) in [5.41, 5.74) is 2.26. The van der Waals surface area contributed by atoms with Gasteiger partial charge in [0.1, 0.15) is 12.4 Å². The summed E-state index contributed by atoms with van der Waals surface area (Å²) in [4.78, 5) is 25.4. The maximum absolute atomic E-state index is 12.7. The van der Waals surface area contributed by atoms with Crippen LogP contribution in [-0.2, 0) is 4.74 Å². The van der Waals surface area contributed by atoms with Crippen molar-refractivity contribution in [3.05, 3.63) is 77.9 Å². The van der Waals surface area contributed by atoms with Crippen LogP contribution in [0.25, 0.3) is 0 Å². The molecule has 2 aromatic rings. The second-order valence-corrected chi connectivity index (χ2v) is 10.1. The number of carbonyl (C=O) groups excluding carboxylic acids is 2. The molecule has 4 nitrogen and oxygen atoms in total. The highest BCUT2D eigenvalue weighted by molar-refractivity contribution is 6.01. The van der Waals surface area contributed by atoms with Crippen LogP contribution >= 0.6 is 0 Å². The Hall–Kier alpha value is -2.88. The third-order valence-corrected chi connectivity index (χ3v) is 7.34. The highest BCUT2D eigenvalue weighted by atomic mass is 16.5. The number of Topliss-reactive ketones (excluding diaryl/α,β-unsaturated/α-hetero) is 1. The number of hydrogen-bond donors (Lipinski definition) is 0. The van der Waals surface area contributed by atoms with E-state index in [1.54, 1.807) is 37.3 Å². The molecule has 0 amide bonds. The van der Waals surface area contributed by atoms with Crippen molar-refractivity contribution in [1.82, 2.24) is 0 Å². The van der Waals surface area contributed by atoms with E-state index in [-0.39, 0.29) is 5.78 Å². The quantitative estimate of drug-likeness (QED) is 0.116. The second kappa shape index (κ2) is 14.6. The number of carbonyl (C=O) groups is 2. The topological polar surface area (TPSA) is 52.6 Å². The van der Waals surface area contributed by atoms with Gasteiger partial charge in [-0.25, -0.2) is 4.79 Å². The van der Waals surface area contributed by atoms with Crippen molar-refractivity contribution in [2.24, 2.45) is 5.92 Å². The van der Waals surface area contributed by atoms with Gasteiger partial charge in [-0.2, -0.15) is 0 Å². The molecule has 1 aliphatic carbocycles. The lowest BCUT2D eigenvalue weighted by Crippen LogP contribution is -2.24. The maximum atomic E-state index is 12.7. The van der Waals surface area contributed by atoms with Crippen LogP contribution in [0, 0.1) is 5.92 Å². The van der Waals surface area contributed by atoms with Gasteiger partial charge in [0.15, 0.2) is 6.10 Å². The van der Waals surface area contributed by atoms with E-state index >= 15 is 0 Å². The number of hydrogen-bond acceptors (Lipinski definition) is 4. The first-order valence-corrected chi connectivity index (χ1v) is 13.7. The van der Waals surface area contributed by atoms with Crippen molar-refractivity contribution >= 4 is 11.8 Å². The van der Waals surface area contributed by atoms with Crippen LogP contribution in [0.4, 0.5) is 0 Å². The number of esters is 1. The summed E-state index contributed by atoms with van der Waals surface area (Å²) >= 11 is 0. The van der Waals surface area contributed by atoms with Gasteiger partial charge in [-0.3, -0.25) is 4.79 Å². The number of benzene rings is 2. The van der Waals surface area contributed by atoms with E-state index in [0.717, 1.165) is 5.92 Å². The Morgan fingerprint density at radius 3 is 2.19 bits per heavy atom. The molecular weight excluding hydrogens is 448 g/mol. The van der Waals surface area contributed by atoms with Crippen LogP contribution in [0.5, 0.6) is 5.75 Å². The van der Waals surface area contributed by atoms with E-state index in [9.17, 15) is 9.59 Å². The van der Waals surface area contributed by atoms with Gasteiger partial charge in [-0.05, 0) is 86.4 Å². The van der Waals surface area contributed by atoms with Gasteiger partial charge in [0.25, 0.3) is 0 Å². The molecule has 2 aromatic carbocycles. The summed E-state index contributed by atoms with van der Waals surface area (Å²) in [6.07, 6.45) is 14.1. The summed E-state index contributed by atoms with van der Waals surface area (Å²) in [6.45, 7) is 7.90. The Morgan fingerprint density at radius 1 is 0.917 bits per heavy atom. The number of rotatable bonds is 14. The molecule has 0 aromatic heterocycles. The average molecular weight is 491 g/mol. The molecule has 1 fully saturated rings. The molecule has 3 rings (SSSR count). The minimum absolute atomic E-state index is 0.239. The summed E-state index contributed by atoms with van der Waals surface area (Å²) in [7, 11) is 0. The second-order valence-electron chi connectivity index (χ2n) is 10.1. The molecule has 1 saturated carbocycles. The van der Waals surface area contributed by atoms with Crippen molar-refractivity contribution in [2.45, 2.75) is 90.1 Å². The van der Waals surface area contributed by atoms with Crippen molar-refractivity contribution in [1.29, 1.82) is 0 Å². The highest BCUT2D eigenvalue weighted by Crippen LogP contribution is 2.37. The molecule has 36 heavy (non-hydrogen) atoms. The van der Waals surface area contributed by atoms with Gasteiger partial charge in [-0.1, -0.05) is 70.2 Å². The fourth-order valence-corrected chi connectivity index (χ4v) is 5.10. The van der Waals surface area contributed by atoms with Gasteiger partial charge >= 0.3 is 5.97 Å². The Morgan fingerprint density at radius 2 is 1.56 bits per heavy atom. The summed E-state index contributed by atoms with van der Waals surface area (Å²) < 4.78 is 10.9. The highest BCUT2D eigenvalue weighted by Gasteiger charge is 2.23. The molecule has 0 N–H and O–H groups in total. The summed E-state index contributed by atoms with van der Waals surface area (Å²) in [5, 5.41) is 0. The van der Waals surface area contributed by atoms with Crippen molar-refractivity contribution < 1.29 is 19.1 Å². The predicted octanol–water partition coefficient (Wildman–Crippen LogP) is 8.31. The third-order valence-electron chi connectivity index (χ3n) is 7.34. The van der Waals surface area contributed by atoms with Gasteiger partial charge in [-0.15, -0.1) is 0 Å². The average Bonchev–Trinajstić information content (AvgIpc) is 2.92. The fraction of sp³-hybridized carbons (Fsp3) is 0.500. The molecule has 0 aliphatic heterocycles. The lowest BCUT2D eigenvalue weighted by Gasteiger charge is -2.29. The fourth-order valence-electron chi connectivity index (χ4n) is 5.10. The van der Waals surface area contributed by atoms with Crippen LogP contribution in [-0.4, -0.2) is 24.5 Å². The molecule has 0 heterocycles. The molecule has 194 valence electrons. The minimum Gasteiger partial charge on any atom is -0.490 e. The molecule has 0 radical (unpaired) electrons. The first-order valence-electron chi connectivity index (χ1n) is 13.7. The molecule has 4 heteroatoms. The first kappa shape index (κ1) is 27.7. The Kier molecular flexibility index (Phi) is 11.3. The molecule has 1 aliphatic rings. The first-order chi connectivity index (χ1) is 17.5. The molecule has 1 atom stereocenters. The number of ketones is 1. The largest absolute Gasteiger partial charge is 0.490 e. The van der Waals surface area contributed by atoms with E-state index in [2.05, 4.69) is 25.6 Å². The monoisotopic (exact) mass is 490 g/mol. The van der Waals surface area contributed by atoms with E-state index in [4.69, 9.17) is 9.47 Å². The van der Waals surface area contributed by atoms with Gasteiger partial charge < -0.3 is 9.47 Å². The molecule has 1 unspecified atom stereocenters. The maximum Gasteiger partial charge on any atom is 0.338 e. The smallest absolute Gasteiger partial charge is 0.338 e. The van der Waals surface area contributed by atoms with Gasteiger partial charge in [0, 0.05) is 5.56 Å². The van der Waals surface area contributed by atoms with E-state index in [1.807, 2.05) is 12.1 Å². The Bertz CT molecular complexity index is 953. The van der Waals surface area contributed by atoms with Crippen LogP contribution in [0.3, 0.4) is 0 Å². The molecule has 0 bridgehead atoms. The standard InChI is InChI=1S/C32H42O4/c1-4-6-7-8-9-10-25-11-13-26(14-12-25)27-15-17-29(18-16-27)32(34)36-24(3)31(33)28-19-21-30(22-20-28)35-23-5-2/h5,15-22,24-26H,2,4,6-14,23H2,1,3H3. The van der Waals surface area contributed by atoms with E-state index < -0.39 is 12.1 Å². The lowest BCUT2D eigenvalue weighted by molar-refractivity contribution is 0.0318. The van der Waals surface area contributed by atoms with Crippen LogP contribution in [0.1, 0.15) is 110 Å². The van der Waals surface area contributed by atoms with Crippen molar-refractivity contribution in [3.8, 4) is 5.75 Å². The van der Waals surface area contributed by atoms with Gasteiger partial charge in [0.05, 0.1) is 5.56 Å². The normalized spacial score (nSPS) is 18.3. The van der Waals surface area contributed by atoms with E-state index in [0.29, 0.717) is 29.4 Å². The molecule has 0 spiro atoms. The van der Waals surface area contributed by atoms with Gasteiger partial charge in [0.2, 0.25) is 5.78 Å². The van der Waals surface area contributed by atoms with Crippen molar-refractivity contribution in [3.63, 3.8) is 0 Å². The SMILES string of the molecule is C=CCOc1ccc(C(=O)C(C)OC(=O)c2ccc(C3CCC(CCCCCCC)CC3)cc2)cc1. The van der Waals surface area contributed by atoms with Crippen LogP contribution in [0.2, 0.25) is 0 Å². The molecule has 0 saturated heterocycles. The molecular formula is C32H42O4. The van der Waals surface area contributed by atoms with Crippen molar-refractivity contribution in [2.75, 3.05) is 6.61 Å². The summed E-state index contributed by atoms with van der Waals surface area (Å²) in [5.74, 6) is 1.40. The zero-order valence-corrected chi connectivity index (χ0v) is 22.0. The number of unbranched alkanes of at least 4 members (excludes halogenated alkanes) is 4. The zero-order valence-electron chi connectivity index (χ0n) is 22.0. The minimum atomic E-state index is -0.866. The zero-order chi connectivity index (χ0) is 25.8.